The van der Waals surface area contributed by atoms with Gasteiger partial charge in [-0.1, -0.05) is 13.8 Å². The number of rotatable bonds is 3. The maximum Gasteiger partial charge on any atom is 0.416 e. The molecule has 2 nitrogen and oxygen atoms in total. The van der Waals surface area contributed by atoms with Gasteiger partial charge in [0, 0.05) is 11.0 Å². The van der Waals surface area contributed by atoms with Crippen LogP contribution in [-0.2, 0) is 11.6 Å². The van der Waals surface area contributed by atoms with Crippen LogP contribution in [0.1, 0.15) is 25.0 Å². The largest absolute Gasteiger partial charge is 0.496 e. The number of aliphatic hydroxyl groups is 1. The molecule has 0 radical (unpaired) electrons. The molecule has 0 atom stereocenters. The predicted octanol–water partition coefficient (Wildman–Crippen LogP) is 2.98. The molecule has 0 unspecified atom stereocenters. The lowest BCUT2D eigenvalue weighted by molar-refractivity contribution is -0.137. The van der Waals surface area contributed by atoms with Crippen molar-refractivity contribution < 1.29 is 23.0 Å². The van der Waals surface area contributed by atoms with Crippen LogP contribution in [0.5, 0.6) is 5.75 Å². The summed E-state index contributed by atoms with van der Waals surface area (Å²) in [5.74, 6) is 0.344. The van der Waals surface area contributed by atoms with Gasteiger partial charge in [-0.2, -0.15) is 13.2 Å². The highest BCUT2D eigenvalue weighted by Gasteiger charge is 2.33. The molecule has 0 aromatic heterocycles. The summed E-state index contributed by atoms with van der Waals surface area (Å²) < 4.78 is 42.8. The van der Waals surface area contributed by atoms with E-state index in [1.807, 2.05) is 0 Å². The van der Waals surface area contributed by atoms with Gasteiger partial charge in [0.2, 0.25) is 0 Å². The van der Waals surface area contributed by atoms with Crippen molar-refractivity contribution in [2.24, 2.45) is 0 Å². The smallest absolute Gasteiger partial charge is 0.416 e. The maximum atomic E-state index is 12.6. The van der Waals surface area contributed by atoms with Crippen LogP contribution >= 0.6 is 0 Å². The summed E-state index contributed by atoms with van der Waals surface area (Å²) >= 11 is 0. The second-order valence-corrected chi connectivity index (χ2v) is 4.45. The van der Waals surface area contributed by atoms with Gasteiger partial charge in [-0.25, -0.2) is 0 Å². The third-order valence-electron chi connectivity index (χ3n) is 2.65. The highest BCUT2D eigenvalue weighted by atomic mass is 19.4. The van der Waals surface area contributed by atoms with Crippen LogP contribution in [0.2, 0.25) is 0 Å². The molecule has 0 aliphatic heterocycles. The summed E-state index contributed by atoms with van der Waals surface area (Å²) in [6, 6.07) is 3.26. The number of halogens is 3. The Morgan fingerprint density at radius 1 is 1.24 bits per heavy atom. The van der Waals surface area contributed by atoms with Crippen molar-refractivity contribution in [1.82, 2.24) is 0 Å². The Bertz CT molecular complexity index is 397. The molecule has 0 bridgehead atoms. The molecule has 0 amide bonds. The molecule has 0 fully saturated rings. The molecule has 0 aliphatic carbocycles. The fourth-order valence-electron chi connectivity index (χ4n) is 1.50. The molecule has 1 aromatic carbocycles. The fraction of sp³-hybridized carbons (Fsp3) is 0.500. The molecule has 0 saturated heterocycles. The monoisotopic (exact) mass is 248 g/mol. The third-order valence-corrected chi connectivity index (χ3v) is 2.65. The molecule has 5 heteroatoms. The lowest BCUT2D eigenvalue weighted by Crippen LogP contribution is -2.23. The lowest BCUT2D eigenvalue weighted by atomic mass is 9.84. The predicted molar refractivity (Wildman–Crippen MR) is 58.1 cm³/mol. The summed E-state index contributed by atoms with van der Waals surface area (Å²) in [6.07, 6.45) is -4.40. The molecular formula is C12H15F3O2. The van der Waals surface area contributed by atoms with Crippen LogP contribution < -0.4 is 4.74 Å². The Hall–Kier alpha value is -1.23. The molecule has 1 rings (SSSR count). The lowest BCUT2D eigenvalue weighted by Gasteiger charge is -2.25. The Kier molecular flexibility index (Phi) is 3.71. The van der Waals surface area contributed by atoms with Gasteiger partial charge in [0.25, 0.3) is 0 Å². The van der Waals surface area contributed by atoms with Gasteiger partial charge < -0.3 is 9.84 Å². The number of ether oxygens (including phenoxy) is 1. The van der Waals surface area contributed by atoms with Crippen LogP contribution in [0, 0.1) is 0 Å². The van der Waals surface area contributed by atoms with E-state index >= 15 is 0 Å². The highest BCUT2D eigenvalue weighted by Crippen LogP contribution is 2.37. The van der Waals surface area contributed by atoms with Crippen molar-refractivity contribution in [3.05, 3.63) is 29.3 Å². The first-order chi connectivity index (χ1) is 7.72. The van der Waals surface area contributed by atoms with Crippen LogP contribution in [0.3, 0.4) is 0 Å². The molecule has 0 spiro atoms. The van der Waals surface area contributed by atoms with Gasteiger partial charge in [0.1, 0.15) is 5.75 Å². The van der Waals surface area contributed by atoms with E-state index in [-0.39, 0.29) is 6.61 Å². The number of hydrogen-bond acceptors (Lipinski definition) is 2. The van der Waals surface area contributed by atoms with E-state index in [4.69, 9.17) is 4.74 Å². The highest BCUT2D eigenvalue weighted by molar-refractivity contribution is 5.42. The van der Waals surface area contributed by atoms with Crippen LogP contribution in [-0.4, -0.2) is 18.8 Å². The minimum absolute atomic E-state index is 0.259. The van der Waals surface area contributed by atoms with Crippen molar-refractivity contribution >= 4 is 0 Å². The minimum atomic E-state index is -4.40. The number of benzene rings is 1. The Labute approximate surface area is 98.0 Å². The van der Waals surface area contributed by atoms with E-state index in [2.05, 4.69) is 0 Å². The molecule has 96 valence electrons. The second kappa shape index (κ2) is 4.56. The van der Waals surface area contributed by atoms with Crippen LogP contribution in [0.15, 0.2) is 18.2 Å². The summed E-state index contributed by atoms with van der Waals surface area (Å²) in [5, 5.41) is 9.22. The van der Waals surface area contributed by atoms with Gasteiger partial charge in [-0.3, -0.25) is 0 Å². The zero-order chi connectivity index (χ0) is 13.3. The number of aliphatic hydroxyl groups excluding tert-OH is 1. The van der Waals surface area contributed by atoms with Crippen molar-refractivity contribution in [2.75, 3.05) is 13.7 Å². The number of alkyl halides is 3. The third kappa shape index (κ3) is 2.91. The minimum Gasteiger partial charge on any atom is -0.496 e. The number of hydrogen-bond donors (Lipinski definition) is 1. The quantitative estimate of drug-likeness (QED) is 0.891. The van der Waals surface area contributed by atoms with E-state index in [1.165, 1.54) is 13.2 Å². The van der Waals surface area contributed by atoms with Crippen molar-refractivity contribution in [1.29, 1.82) is 0 Å². The molecule has 1 N–H and O–H groups in total. The summed E-state index contributed by atoms with van der Waals surface area (Å²) in [4.78, 5) is 0. The SMILES string of the molecule is COc1ccc(C(F)(F)F)cc1C(C)(C)CO. The maximum absolute atomic E-state index is 12.6. The zero-order valence-corrected chi connectivity index (χ0v) is 9.93. The van der Waals surface area contributed by atoms with Gasteiger partial charge in [0.15, 0.2) is 0 Å². The van der Waals surface area contributed by atoms with Crippen LogP contribution in [0.25, 0.3) is 0 Å². The first-order valence-corrected chi connectivity index (χ1v) is 5.09. The molecule has 0 heterocycles. The average Bonchev–Trinajstić information content (AvgIpc) is 2.27. The van der Waals surface area contributed by atoms with Crippen molar-refractivity contribution in [2.45, 2.75) is 25.4 Å². The first kappa shape index (κ1) is 13.8. The van der Waals surface area contributed by atoms with Crippen molar-refractivity contribution in [3.63, 3.8) is 0 Å². The first-order valence-electron chi connectivity index (χ1n) is 5.09. The van der Waals surface area contributed by atoms with Gasteiger partial charge in [-0.15, -0.1) is 0 Å². The second-order valence-electron chi connectivity index (χ2n) is 4.45. The van der Waals surface area contributed by atoms with Gasteiger partial charge >= 0.3 is 6.18 Å². The van der Waals surface area contributed by atoms with Gasteiger partial charge in [-0.05, 0) is 18.2 Å². The summed E-state index contributed by atoms with van der Waals surface area (Å²) in [6.45, 7) is 3.06. The summed E-state index contributed by atoms with van der Waals surface area (Å²) in [7, 11) is 1.39. The van der Waals surface area contributed by atoms with E-state index in [9.17, 15) is 18.3 Å². The topological polar surface area (TPSA) is 29.5 Å². The van der Waals surface area contributed by atoms with Gasteiger partial charge in [0.05, 0.1) is 19.3 Å². The Morgan fingerprint density at radius 3 is 2.24 bits per heavy atom. The molecule has 0 aliphatic rings. The fourth-order valence-corrected chi connectivity index (χ4v) is 1.50. The average molecular weight is 248 g/mol. The van der Waals surface area contributed by atoms with Crippen molar-refractivity contribution in [3.8, 4) is 5.75 Å². The van der Waals surface area contributed by atoms with Crippen LogP contribution in [0.4, 0.5) is 13.2 Å². The Morgan fingerprint density at radius 2 is 1.82 bits per heavy atom. The van der Waals surface area contributed by atoms with E-state index < -0.39 is 17.2 Å². The summed E-state index contributed by atoms with van der Waals surface area (Å²) in [5.41, 5.74) is -1.18. The molecular weight excluding hydrogens is 233 g/mol. The van der Waals surface area contributed by atoms with E-state index in [0.717, 1.165) is 12.1 Å². The normalized spacial score (nSPS) is 12.6. The molecule has 17 heavy (non-hydrogen) atoms. The molecule has 1 aromatic rings. The standard InChI is InChI=1S/C12H15F3O2/c1-11(2,7-16)9-6-8(12(13,14)15)4-5-10(9)17-3/h4-6,16H,7H2,1-3H3. The van der Waals surface area contributed by atoms with E-state index in [1.54, 1.807) is 13.8 Å². The van der Waals surface area contributed by atoms with E-state index in [0.29, 0.717) is 11.3 Å². The zero-order valence-electron chi connectivity index (χ0n) is 9.93. The molecule has 0 saturated carbocycles. The Balaban J connectivity index is 3.35. The number of methoxy groups -OCH3 is 1.